The number of methoxy groups -OCH3 is 1. The summed E-state index contributed by atoms with van der Waals surface area (Å²) in [5.74, 6) is -0.459. The molecule has 156 valence electrons. The number of esters is 1. The highest BCUT2D eigenvalue weighted by molar-refractivity contribution is 9.09. The molecule has 0 radical (unpaired) electrons. The predicted molar refractivity (Wildman–Crippen MR) is 119 cm³/mol. The van der Waals surface area contributed by atoms with Gasteiger partial charge in [-0.2, -0.15) is 4.31 Å². The minimum atomic E-state index is -3.70. The normalized spacial score (nSPS) is 13.0. The van der Waals surface area contributed by atoms with E-state index in [-0.39, 0.29) is 17.5 Å². The van der Waals surface area contributed by atoms with E-state index in [1.807, 2.05) is 37.3 Å². The number of hydrogen-bond acceptors (Lipinski definition) is 4. The average Bonchev–Trinajstić information content (AvgIpc) is 2.73. The van der Waals surface area contributed by atoms with Crippen LogP contribution in [0, 0.1) is 6.92 Å². The summed E-state index contributed by atoms with van der Waals surface area (Å²) in [6, 6.07) is 16.4. The van der Waals surface area contributed by atoms with Crippen LogP contribution in [0.15, 0.2) is 71.6 Å². The molecule has 1 atom stereocenters. The van der Waals surface area contributed by atoms with E-state index < -0.39 is 16.0 Å². The van der Waals surface area contributed by atoms with E-state index in [4.69, 9.17) is 0 Å². The van der Waals surface area contributed by atoms with E-state index >= 15 is 0 Å². The van der Waals surface area contributed by atoms with Crippen LogP contribution in [0.5, 0.6) is 0 Å². The Morgan fingerprint density at radius 2 is 1.79 bits per heavy atom. The molecule has 2 aromatic rings. The molecule has 0 heterocycles. The van der Waals surface area contributed by atoms with Crippen molar-refractivity contribution in [2.75, 3.05) is 19.0 Å². The second kappa shape index (κ2) is 11.3. The summed E-state index contributed by atoms with van der Waals surface area (Å²) in [5.41, 5.74) is 2.06. The summed E-state index contributed by atoms with van der Waals surface area (Å²) < 4.78 is 32.9. The van der Waals surface area contributed by atoms with Gasteiger partial charge in [-0.1, -0.05) is 70.0 Å². The van der Waals surface area contributed by atoms with Crippen LogP contribution in [-0.4, -0.2) is 43.7 Å². The molecule has 0 aliphatic carbocycles. The molecule has 5 nitrogen and oxygen atoms in total. The highest BCUT2D eigenvalue weighted by Gasteiger charge is 2.30. The maximum atomic E-state index is 13.4. The molecule has 7 heteroatoms. The van der Waals surface area contributed by atoms with Crippen molar-refractivity contribution in [3.63, 3.8) is 0 Å². The molecule has 0 unspecified atom stereocenters. The highest BCUT2D eigenvalue weighted by atomic mass is 79.9. The van der Waals surface area contributed by atoms with E-state index in [2.05, 4.69) is 20.7 Å². The zero-order valence-corrected chi connectivity index (χ0v) is 19.0. The number of benzene rings is 2. The second-order valence-corrected chi connectivity index (χ2v) is 9.18. The van der Waals surface area contributed by atoms with Gasteiger partial charge < -0.3 is 4.74 Å². The van der Waals surface area contributed by atoms with Gasteiger partial charge in [0.15, 0.2) is 0 Å². The first-order valence-electron chi connectivity index (χ1n) is 9.31. The van der Waals surface area contributed by atoms with Crippen molar-refractivity contribution in [1.82, 2.24) is 4.31 Å². The highest BCUT2D eigenvalue weighted by Crippen LogP contribution is 2.22. The van der Waals surface area contributed by atoms with Gasteiger partial charge in [-0.25, -0.2) is 13.2 Å². The van der Waals surface area contributed by atoms with Crippen LogP contribution in [0.3, 0.4) is 0 Å². The minimum Gasteiger partial charge on any atom is -0.466 e. The SMILES string of the molecule is COC(=O)/C=C\CCN([C@H](CBr)Cc1ccccc1)S(=O)(=O)c1ccc(C)cc1. The molecule has 0 fully saturated rings. The summed E-state index contributed by atoms with van der Waals surface area (Å²) in [4.78, 5) is 11.6. The molecular weight excluding hydrogens is 454 g/mol. The zero-order chi connectivity index (χ0) is 21.3. The summed E-state index contributed by atoms with van der Waals surface area (Å²) in [6.07, 6.45) is 3.94. The van der Waals surface area contributed by atoms with Gasteiger partial charge in [-0.05, 0) is 37.5 Å². The Hall–Kier alpha value is -1.96. The van der Waals surface area contributed by atoms with Gasteiger partial charge in [-0.3, -0.25) is 0 Å². The van der Waals surface area contributed by atoms with Gasteiger partial charge in [0, 0.05) is 24.0 Å². The third-order valence-corrected chi connectivity index (χ3v) is 7.21. The molecule has 0 saturated heterocycles. The standard InChI is InChI=1S/C22H26BrNO4S/c1-18-11-13-21(14-12-18)29(26,27)24(15-7-6-10-22(25)28-2)20(17-23)16-19-8-4-3-5-9-19/h3-6,8-14,20H,7,15-17H2,1-2H3/b10-6-/t20-/m0/s1. The second-order valence-electron chi connectivity index (χ2n) is 6.64. The molecule has 29 heavy (non-hydrogen) atoms. The molecule has 0 bridgehead atoms. The van der Waals surface area contributed by atoms with Crippen molar-refractivity contribution in [1.29, 1.82) is 0 Å². The Kier molecular flexibility index (Phi) is 9.07. The van der Waals surface area contributed by atoms with E-state index in [0.717, 1.165) is 11.1 Å². The predicted octanol–water partition coefficient (Wildman–Crippen LogP) is 4.11. The fourth-order valence-electron chi connectivity index (χ4n) is 2.91. The van der Waals surface area contributed by atoms with Crippen LogP contribution >= 0.6 is 15.9 Å². The number of nitrogens with zero attached hydrogens (tertiary/aromatic N) is 1. The van der Waals surface area contributed by atoms with Crippen molar-refractivity contribution >= 4 is 31.9 Å². The maximum absolute atomic E-state index is 13.4. The number of rotatable bonds is 10. The molecule has 2 rings (SSSR count). The fraction of sp³-hybridized carbons (Fsp3) is 0.318. The number of sulfonamides is 1. The molecular formula is C22H26BrNO4S. The monoisotopic (exact) mass is 479 g/mol. The number of halogens is 1. The first-order chi connectivity index (χ1) is 13.9. The lowest BCUT2D eigenvalue weighted by atomic mass is 10.1. The van der Waals surface area contributed by atoms with Crippen LogP contribution in [0.2, 0.25) is 0 Å². The lowest BCUT2D eigenvalue weighted by Crippen LogP contribution is -2.43. The summed E-state index contributed by atoms with van der Waals surface area (Å²) in [7, 11) is -2.40. The van der Waals surface area contributed by atoms with Gasteiger partial charge in [0.25, 0.3) is 0 Å². The van der Waals surface area contributed by atoms with E-state index in [9.17, 15) is 13.2 Å². The first kappa shape index (κ1) is 23.3. The number of carbonyl (C=O) groups is 1. The van der Waals surface area contributed by atoms with Gasteiger partial charge in [-0.15, -0.1) is 0 Å². The number of hydrogen-bond donors (Lipinski definition) is 0. The Bertz CT molecular complexity index is 912. The largest absolute Gasteiger partial charge is 0.466 e. The van der Waals surface area contributed by atoms with Crippen molar-refractivity contribution in [3.05, 3.63) is 77.9 Å². The summed E-state index contributed by atoms with van der Waals surface area (Å²) >= 11 is 3.50. The molecule has 0 aliphatic heterocycles. The van der Waals surface area contributed by atoms with Crippen molar-refractivity contribution in [2.24, 2.45) is 0 Å². The maximum Gasteiger partial charge on any atom is 0.330 e. The Morgan fingerprint density at radius 1 is 1.14 bits per heavy atom. The lowest BCUT2D eigenvalue weighted by molar-refractivity contribution is -0.134. The Balaban J connectivity index is 2.31. The van der Waals surface area contributed by atoms with E-state index in [1.165, 1.54) is 17.5 Å². The van der Waals surface area contributed by atoms with Crippen LogP contribution in [0.4, 0.5) is 0 Å². The Morgan fingerprint density at radius 3 is 2.38 bits per heavy atom. The first-order valence-corrected chi connectivity index (χ1v) is 11.9. The van der Waals surface area contributed by atoms with Crippen molar-refractivity contribution in [3.8, 4) is 0 Å². The van der Waals surface area contributed by atoms with E-state index in [0.29, 0.717) is 18.2 Å². The topological polar surface area (TPSA) is 63.7 Å². The van der Waals surface area contributed by atoms with Gasteiger partial charge in [0.05, 0.1) is 12.0 Å². The van der Waals surface area contributed by atoms with Crippen molar-refractivity contribution in [2.45, 2.75) is 30.7 Å². The van der Waals surface area contributed by atoms with Gasteiger partial charge in [0.1, 0.15) is 0 Å². The zero-order valence-electron chi connectivity index (χ0n) is 16.6. The third kappa shape index (κ3) is 6.80. The molecule has 0 spiro atoms. The number of alkyl halides is 1. The quantitative estimate of drug-likeness (QED) is 0.292. The van der Waals surface area contributed by atoms with Gasteiger partial charge in [0.2, 0.25) is 10.0 Å². The Labute approximate surface area is 181 Å². The number of ether oxygens (including phenoxy) is 1. The molecule has 0 amide bonds. The molecule has 0 saturated carbocycles. The van der Waals surface area contributed by atoms with Crippen LogP contribution in [-0.2, 0) is 26.0 Å². The minimum absolute atomic E-state index is 0.257. The molecule has 0 N–H and O–H groups in total. The van der Waals surface area contributed by atoms with Gasteiger partial charge >= 0.3 is 5.97 Å². The summed E-state index contributed by atoms with van der Waals surface area (Å²) in [6.45, 7) is 2.18. The third-order valence-electron chi connectivity index (χ3n) is 4.50. The molecule has 0 aliphatic rings. The fourth-order valence-corrected chi connectivity index (χ4v) is 5.32. The van der Waals surface area contributed by atoms with Crippen LogP contribution in [0.25, 0.3) is 0 Å². The average molecular weight is 480 g/mol. The molecule has 2 aromatic carbocycles. The van der Waals surface area contributed by atoms with E-state index in [1.54, 1.807) is 30.3 Å². The van der Waals surface area contributed by atoms with Crippen molar-refractivity contribution < 1.29 is 17.9 Å². The number of carbonyl (C=O) groups excluding carboxylic acids is 1. The van der Waals surface area contributed by atoms with Crippen LogP contribution in [0.1, 0.15) is 17.5 Å². The van der Waals surface area contributed by atoms with Crippen LogP contribution < -0.4 is 0 Å². The summed E-state index contributed by atoms with van der Waals surface area (Å²) in [5, 5.41) is 0.494. The molecule has 0 aromatic heterocycles. The number of aryl methyl sites for hydroxylation is 1. The lowest BCUT2D eigenvalue weighted by Gasteiger charge is -2.30. The smallest absolute Gasteiger partial charge is 0.330 e.